The van der Waals surface area contributed by atoms with Gasteiger partial charge in [-0.25, -0.2) is 0 Å². The number of carboxylic acids is 1. The van der Waals surface area contributed by atoms with E-state index in [4.69, 9.17) is 10.6 Å². The summed E-state index contributed by atoms with van der Waals surface area (Å²) in [5.74, 6) is -0.888. The second-order valence-corrected chi connectivity index (χ2v) is 2.39. The van der Waals surface area contributed by atoms with Crippen molar-refractivity contribution in [1.29, 1.82) is 0 Å². The summed E-state index contributed by atoms with van der Waals surface area (Å²) in [7, 11) is 0. The van der Waals surface area contributed by atoms with Gasteiger partial charge in [0.2, 0.25) is 0 Å². The van der Waals surface area contributed by atoms with Gasteiger partial charge in [-0.3, -0.25) is 4.79 Å². The number of hydrogen-bond acceptors (Lipinski definition) is 3. The highest BCUT2D eigenvalue weighted by Gasteiger charge is 2.27. The number of rotatable bonds is 2. The van der Waals surface area contributed by atoms with Crippen LogP contribution in [0.3, 0.4) is 0 Å². The normalized spacial score (nSPS) is 29.5. The van der Waals surface area contributed by atoms with Crippen LogP contribution >= 0.6 is 0 Å². The maximum Gasteiger partial charge on any atom is 0.320 e. The van der Waals surface area contributed by atoms with Crippen molar-refractivity contribution in [2.75, 3.05) is 6.54 Å². The van der Waals surface area contributed by atoms with E-state index in [2.05, 4.69) is 15.3 Å². The molecule has 0 aromatic rings. The van der Waals surface area contributed by atoms with Crippen molar-refractivity contribution in [1.82, 2.24) is 5.32 Å². The number of nitrogens with one attached hydrogen (secondary N) is 1. The van der Waals surface area contributed by atoms with Gasteiger partial charge in [0.25, 0.3) is 0 Å². The van der Waals surface area contributed by atoms with Crippen LogP contribution in [-0.2, 0) is 4.79 Å². The molecule has 1 fully saturated rings. The molecule has 1 heterocycles. The van der Waals surface area contributed by atoms with Crippen LogP contribution in [0.1, 0.15) is 6.42 Å². The molecule has 2 N–H and O–H groups in total. The molecule has 1 aliphatic heterocycles. The van der Waals surface area contributed by atoms with Crippen LogP contribution in [0.4, 0.5) is 0 Å². The maximum atomic E-state index is 10.4. The third-order valence-electron chi connectivity index (χ3n) is 1.62. The van der Waals surface area contributed by atoms with E-state index in [0.29, 0.717) is 13.0 Å². The lowest BCUT2D eigenvalue weighted by atomic mass is 10.2. The number of carbonyl (C=O) groups is 1. The van der Waals surface area contributed by atoms with Crippen LogP contribution < -0.4 is 5.32 Å². The van der Waals surface area contributed by atoms with Crippen LogP contribution in [0.5, 0.6) is 0 Å². The van der Waals surface area contributed by atoms with Gasteiger partial charge in [0.1, 0.15) is 6.04 Å². The first-order valence-corrected chi connectivity index (χ1v) is 3.24. The molecule has 0 radical (unpaired) electrons. The second kappa shape index (κ2) is 3.23. The van der Waals surface area contributed by atoms with E-state index in [1.54, 1.807) is 0 Å². The molecule has 11 heavy (non-hydrogen) atoms. The van der Waals surface area contributed by atoms with Crippen LogP contribution in [0.2, 0.25) is 0 Å². The van der Waals surface area contributed by atoms with E-state index in [9.17, 15) is 4.79 Å². The third kappa shape index (κ3) is 1.83. The minimum absolute atomic E-state index is 0.207. The van der Waals surface area contributed by atoms with Gasteiger partial charge in [-0.2, -0.15) is 0 Å². The molecule has 0 spiro atoms. The predicted octanol–water partition coefficient (Wildman–Crippen LogP) is 0.112. The molecule has 6 nitrogen and oxygen atoms in total. The molecule has 0 aromatic heterocycles. The van der Waals surface area contributed by atoms with Crippen molar-refractivity contribution in [3.8, 4) is 0 Å². The van der Waals surface area contributed by atoms with Crippen molar-refractivity contribution in [2.24, 2.45) is 5.11 Å². The fourth-order valence-corrected chi connectivity index (χ4v) is 1.07. The van der Waals surface area contributed by atoms with Crippen LogP contribution in [-0.4, -0.2) is 29.7 Å². The number of aliphatic carboxylic acids is 1. The summed E-state index contributed by atoms with van der Waals surface area (Å²) in [6, 6.07) is -0.758. The molecule has 0 saturated carbocycles. The molecule has 0 unspecified atom stereocenters. The van der Waals surface area contributed by atoms with E-state index in [1.165, 1.54) is 0 Å². The lowest BCUT2D eigenvalue weighted by Crippen LogP contribution is -2.29. The highest BCUT2D eigenvalue weighted by Crippen LogP contribution is 2.09. The monoisotopic (exact) mass is 156 g/mol. The van der Waals surface area contributed by atoms with E-state index in [-0.39, 0.29) is 6.04 Å². The zero-order valence-corrected chi connectivity index (χ0v) is 5.77. The standard InChI is InChI=1S/C5H8N4O2/c6-9-8-3-1-4(5(10)11)7-2-3/h3-4,7H,1-2H2,(H,10,11)/t3-,4+/m0/s1. The first-order chi connectivity index (χ1) is 5.24. The second-order valence-electron chi connectivity index (χ2n) is 2.39. The maximum absolute atomic E-state index is 10.4. The topological polar surface area (TPSA) is 98.1 Å². The number of hydrogen-bond donors (Lipinski definition) is 2. The molecular formula is C5H8N4O2. The van der Waals surface area contributed by atoms with Gasteiger partial charge in [-0.15, -0.1) is 0 Å². The summed E-state index contributed by atoms with van der Waals surface area (Å²) in [5.41, 5.74) is 8.03. The molecule has 0 amide bonds. The van der Waals surface area contributed by atoms with Gasteiger partial charge >= 0.3 is 5.97 Å². The molecule has 0 aromatic carbocycles. The Morgan fingerprint density at radius 1 is 1.82 bits per heavy atom. The van der Waals surface area contributed by atoms with Gasteiger partial charge in [0, 0.05) is 11.5 Å². The Labute approximate surface area is 62.8 Å². The zero-order chi connectivity index (χ0) is 8.27. The molecule has 1 aliphatic rings. The summed E-state index contributed by atoms with van der Waals surface area (Å²) in [4.78, 5) is 13.0. The Morgan fingerprint density at radius 3 is 3.00 bits per heavy atom. The Kier molecular flexibility index (Phi) is 2.30. The first kappa shape index (κ1) is 7.84. The average Bonchev–Trinajstić information content (AvgIpc) is 2.37. The Balaban J connectivity index is 2.46. The molecule has 0 bridgehead atoms. The van der Waals surface area contributed by atoms with Crippen LogP contribution in [0.15, 0.2) is 5.11 Å². The minimum atomic E-state index is -0.888. The third-order valence-corrected chi connectivity index (χ3v) is 1.62. The molecule has 0 aliphatic carbocycles. The summed E-state index contributed by atoms with van der Waals surface area (Å²) in [6.07, 6.45) is 0.388. The van der Waals surface area contributed by atoms with Gasteiger partial charge in [-0.1, -0.05) is 5.11 Å². The quantitative estimate of drug-likeness (QED) is 0.337. The Morgan fingerprint density at radius 2 is 2.55 bits per heavy atom. The Hall–Kier alpha value is -1.26. The highest BCUT2D eigenvalue weighted by molar-refractivity contribution is 5.73. The number of azide groups is 1. The van der Waals surface area contributed by atoms with Crippen molar-refractivity contribution < 1.29 is 9.90 Å². The lowest BCUT2D eigenvalue weighted by Gasteiger charge is -2.00. The van der Waals surface area contributed by atoms with Crippen LogP contribution in [0.25, 0.3) is 10.4 Å². The molecule has 60 valence electrons. The smallest absolute Gasteiger partial charge is 0.320 e. The predicted molar refractivity (Wildman–Crippen MR) is 37.0 cm³/mol. The van der Waals surface area contributed by atoms with Gasteiger partial charge in [0.05, 0.1) is 6.04 Å². The van der Waals surface area contributed by atoms with E-state index < -0.39 is 12.0 Å². The van der Waals surface area contributed by atoms with E-state index >= 15 is 0 Å². The summed E-state index contributed by atoms with van der Waals surface area (Å²) < 4.78 is 0. The zero-order valence-electron chi connectivity index (χ0n) is 5.77. The van der Waals surface area contributed by atoms with Gasteiger partial charge < -0.3 is 10.4 Å². The van der Waals surface area contributed by atoms with Crippen LogP contribution in [0, 0.1) is 0 Å². The van der Waals surface area contributed by atoms with Crippen molar-refractivity contribution in [3.63, 3.8) is 0 Å². The van der Waals surface area contributed by atoms with Gasteiger partial charge in [0.15, 0.2) is 0 Å². The van der Waals surface area contributed by atoms with Crippen molar-refractivity contribution in [2.45, 2.75) is 18.5 Å². The van der Waals surface area contributed by atoms with E-state index in [0.717, 1.165) is 0 Å². The SMILES string of the molecule is [N-]=[N+]=N[C@@H]1CN[C@@H](C(=O)O)C1. The average molecular weight is 156 g/mol. The minimum Gasteiger partial charge on any atom is -0.480 e. The van der Waals surface area contributed by atoms with Crippen molar-refractivity contribution >= 4 is 5.97 Å². The van der Waals surface area contributed by atoms with E-state index in [1.807, 2.05) is 0 Å². The largest absolute Gasteiger partial charge is 0.480 e. The molecule has 2 atom stereocenters. The Bertz CT molecular complexity index is 203. The lowest BCUT2D eigenvalue weighted by molar-refractivity contribution is -0.139. The summed E-state index contributed by atoms with van der Waals surface area (Å²) >= 11 is 0. The fourth-order valence-electron chi connectivity index (χ4n) is 1.07. The summed E-state index contributed by atoms with van der Waals surface area (Å²) in [5, 5.41) is 14.6. The van der Waals surface area contributed by atoms with Crippen molar-refractivity contribution in [3.05, 3.63) is 10.4 Å². The fraction of sp³-hybridized carbons (Fsp3) is 0.800. The number of nitrogens with zero attached hydrogens (tertiary/aromatic N) is 3. The molecule has 1 saturated heterocycles. The first-order valence-electron chi connectivity index (χ1n) is 3.24. The highest BCUT2D eigenvalue weighted by atomic mass is 16.4. The molecule has 6 heteroatoms. The summed E-state index contributed by atoms with van der Waals surface area (Å²) in [6.45, 7) is 0.459. The molecule has 1 rings (SSSR count). The number of carboxylic acid groups (broad SMARTS) is 1. The molecular weight excluding hydrogens is 148 g/mol. The van der Waals surface area contributed by atoms with Gasteiger partial charge in [-0.05, 0) is 12.0 Å².